The van der Waals surface area contributed by atoms with Crippen molar-refractivity contribution >= 4 is 23.3 Å². The van der Waals surface area contributed by atoms with E-state index in [1.165, 1.54) is 0 Å². The first kappa shape index (κ1) is 16.6. The summed E-state index contributed by atoms with van der Waals surface area (Å²) in [5.41, 5.74) is 0.580. The molecule has 2 amide bonds. The number of halogens is 1. The Balaban J connectivity index is 2.61. The molecule has 112 valence electrons. The molecule has 0 bridgehead atoms. The molecule has 5 heteroatoms. The lowest BCUT2D eigenvalue weighted by Crippen LogP contribution is -2.37. The summed E-state index contributed by atoms with van der Waals surface area (Å²) in [6, 6.07) is 5.16. The molecule has 0 unspecified atom stereocenters. The third-order valence-electron chi connectivity index (χ3n) is 3.03. The molecule has 0 aromatic heterocycles. The summed E-state index contributed by atoms with van der Waals surface area (Å²) in [5, 5.41) is 6.21. The smallest absolute Gasteiger partial charge is 0.319 e. The third-order valence-corrected chi connectivity index (χ3v) is 3.35. The molecule has 0 aliphatic carbocycles. The minimum Gasteiger partial charge on any atom is -0.497 e. The number of urea groups is 1. The summed E-state index contributed by atoms with van der Waals surface area (Å²) in [4.78, 5) is 12.0. The number of hydrogen-bond donors (Lipinski definition) is 2. The fourth-order valence-corrected chi connectivity index (χ4v) is 2.27. The highest BCUT2D eigenvalue weighted by molar-refractivity contribution is 6.33. The molecule has 2 N–H and O–H groups in total. The first-order valence-electron chi connectivity index (χ1n) is 7.01. The van der Waals surface area contributed by atoms with E-state index >= 15 is 0 Å². The number of ether oxygens (including phenoxy) is 1. The molecule has 0 saturated heterocycles. The molecule has 4 nitrogen and oxygen atoms in total. The van der Waals surface area contributed by atoms with Gasteiger partial charge in [-0.05, 0) is 25.0 Å². The Kier molecular flexibility index (Phi) is 7.23. The van der Waals surface area contributed by atoms with Crippen LogP contribution in [0.5, 0.6) is 5.75 Å². The van der Waals surface area contributed by atoms with Crippen LogP contribution in [0, 0.1) is 0 Å². The lowest BCUT2D eigenvalue weighted by atomic mass is 10.1. The molecule has 0 saturated carbocycles. The largest absolute Gasteiger partial charge is 0.497 e. The van der Waals surface area contributed by atoms with E-state index in [-0.39, 0.29) is 12.1 Å². The average molecular weight is 299 g/mol. The van der Waals surface area contributed by atoms with Crippen molar-refractivity contribution in [1.29, 1.82) is 0 Å². The van der Waals surface area contributed by atoms with Crippen LogP contribution < -0.4 is 15.4 Å². The fourth-order valence-electron chi connectivity index (χ4n) is 2.05. The number of rotatable bonds is 7. The highest BCUT2D eigenvalue weighted by Gasteiger charge is 2.12. The van der Waals surface area contributed by atoms with Crippen LogP contribution in [0.2, 0.25) is 5.02 Å². The van der Waals surface area contributed by atoms with Crippen molar-refractivity contribution in [3.05, 3.63) is 23.2 Å². The maximum atomic E-state index is 12.0. The van der Waals surface area contributed by atoms with Crippen LogP contribution in [-0.2, 0) is 0 Å². The van der Waals surface area contributed by atoms with Crippen LogP contribution in [0.25, 0.3) is 0 Å². The van der Waals surface area contributed by atoms with E-state index in [1.54, 1.807) is 25.3 Å². The lowest BCUT2D eigenvalue weighted by molar-refractivity contribution is 0.246. The van der Waals surface area contributed by atoms with E-state index < -0.39 is 0 Å². The number of anilines is 1. The first-order valence-corrected chi connectivity index (χ1v) is 7.39. The molecule has 0 spiro atoms. The number of benzene rings is 1. The third kappa shape index (κ3) is 5.29. The van der Waals surface area contributed by atoms with Crippen LogP contribution in [0.3, 0.4) is 0 Å². The van der Waals surface area contributed by atoms with E-state index in [2.05, 4.69) is 24.5 Å². The lowest BCUT2D eigenvalue weighted by Gasteiger charge is -2.18. The maximum Gasteiger partial charge on any atom is 0.319 e. The number of hydrogen-bond acceptors (Lipinski definition) is 2. The Hall–Kier alpha value is -1.42. The van der Waals surface area contributed by atoms with Gasteiger partial charge in [0.15, 0.2) is 0 Å². The van der Waals surface area contributed by atoms with Gasteiger partial charge in [0.05, 0.1) is 17.8 Å². The molecule has 20 heavy (non-hydrogen) atoms. The highest BCUT2D eigenvalue weighted by atomic mass is 35.5. The van der Waals surface area contributed by atoms with Gasteiger partial charge in [-0.3, -0.25) is 0 Å². The molecule has 1 rings (SSSR count). The Morgan fingerprint density at radius 1 is 1.30 bits per heavy atom. The maximum absolute atomic E-state index is 12.0. The van der Waals surface area contributed by atoms with Crippen molar-refractivity contribution in [2.75, 3.05) is 12.4 Å². The summed E-state index contributed by atoms with van der Waals surface area (Å²) in [6.07, 6.45) is 4.07. The summed E-state index contributed by atoms with van der Waals surface area (Å²) in [7, 11) is 1.57. The second-order valence-electron chi connectivity index (χ2n) is 4.72. The van der Waals surface area contributed by atoms with Crippen LogP contribution >= 0.6 is 11.6 Å². The SMILES string of the molecule is CCCC(CCC)NC(=O)Nc1ccc(OC)cc1Cl. The number of amides is 2. The normalized spacial score (nSPS) is 10.4. The van der Waals surface area contributed by atoms with Gasteiger partial charge in [0.25, 0.3) is 0 Å². The number of nitrogens with one attached hydrogen (secondary N) is 2. The molecule has 0 aliphatic heterocycles. The van der Waals surface area contributed by atoms with Crippen LogP contribution in [0.15, 0.2) is 18.2 Å². The quantitative estimate of drug-likeness (QED) is 0.782. The van der Waals surface area contributed by atoms with Crippen LogP contribution in [-0.4, -0.2) is 19.2 Å². The fraction of sp³-hybridized carbons (Fsp3) is 0.533. The van der Waals surface area contributed by atoms with E-state index in [1.807, 2.05) is 0 Å². The van der Waals surface area contributed by atoms with Crippen molar-refractivity contribution < 1.29 is 9.53 Å². The molecule has 0 atom stereocenters. The number of methoxy groups -OCH3 is 1. The topological polar surface area (TPSA) is 50.4 Å². The van der Waals surface area contributed by atoms with Gasteiger partial charge in [0.2, 0.25) is 0 Å². The number of carbonyl (C=O) groups is 1. The predicted molar refractivity (Wildman–Crippen MR) is 83.8 cm³/mol. The van der Waals surface area contributed by atoms with Crippen molar-refractivity contribution in [3.8, 4) is 5.75 Å². The van der Waals surface area contributed by atoms with E-state index in [0.29, 0.717) is 16.5 Å². The Bertz CT molecular complexity index is 432. The molecule has 1 aromatic carbocycles. The van der Waals surface area contributed by atoms with E-state index in [9.17, 15) is 4.79 Å². The predicted octanol–water partition coefficient (Wildman–Crippen LogP) is 4.44. The minimum atomic E-state index is -0.219. The molecule has 0 heterocycles. The second kappa shape index (κ2) is 8.69. The molecule has 0 aliphatic rings. The Morgan fingerprint density at radius 2 is 1.95 bits per heavy atom. The average Bonchev–Trinajstić information content (AvgIpc) is 2.41. The van der Waals surface area contributed by atoms with Gasteiger partial charge in [-0.1, -0.05) is 38.3 Å². The zero-order chi connectivity index (χ0) is 15.0. The summed E-state index contributed by atoms with van der Waals surface area (Å²) < 4.78 is 5.07. The molecular formula is C15H23ClN2O2. The van der Waals surface area contributed by atoms with Gasteiger partial charge in [-0.25, -0.2) is 4.79 Å². The zero-order valence-corrected chi connectivity index (χ0v) is 13.1. The van der Waals surface area contributed by atoms with Crippen molar-refractivity contribution in [1.82, 2.24) is 5.32 Å². The molecule has 0 radical (unpaired) electrons. The summed E-state index contributed by atoms with van der Waals surface area (Å²) >= 11 is 6.09. The summed E-state index contributed by atoms with van der Waals surface area (Å²) in [6.45, 7) is 4.23. The standard InChI is InChI=1S/C15H23ClN2O2/c1-4-6-11(7-5-2)17-15(19)18-14-9-8-12(20-3)10-13(14)16/h8-11H,4-7H2,1-3H3,(H2,17,18,19). The molecular weight excluding hydrogens is 276 g/mol. The zero-order valence-electron chi connectivity index (χ0n) is 12.3. The Morgan fingerprint density at radius 3 is 2.45 bits per heavy atom. The molecule has 1 aromatic rings. The minimum absolute atomic E-state index is 0.210. The molecule has 0 fully saturated rings. The van der Waals surface area contributed by atoms with E-state index in [0.717, 1.165) is 25.7 Å². The monoisotopic (exact) mass is 298 g/mol. The van der Waals surface area contributed by atoms with Crippen LogP contribution in [0.4, 0.5) is 10.5 Å². The van der Waals surface area contributed by atoms with Gasteiger partial charge >= 0.3 is 6.03 Å². The van der Waals surface area contributed by atoms with Crippen molar-refractivity contribution in [2.24, 2.45) is 0 Å². The Labute approximate surface area is 125 Å². The van der Waals surface area contributed by atoms with Gasteiger partial charge in [0, 0.05) is 12.1 Å². The summed E-state index contributed by atoms with van der Waals surface area (Å²) in [5.74, 6) is 0.663. The van der Waals surface area contributed by atoms with Gasteiger partial charge in [0.1, 0.15) is 5.75 Å². The van der Waals surface area contributed by atoms with Gasteiger partial charge < -0.3 is 15.4 Å². The van der Waals surface area contributed by atoms with Crippen LogP contribution in [0.1, 0.15) is 39.5 Å². The number of carbonyl (C=O) groups excluding carboxylic acids is 1. The highest BCUT2D eigenvalue weighted by Crippen LogP contribution is 2.26. The van der Waals surface area contributed by atoms with Gasteiger partial charge in [-0.15, -0.1) is 0 Å². The van der Waals surface area contributed by atoms with Crippen molar-refractivity contribution in [2.45, 2.75) is 45.6 Å². The van der Waals surface area contributed by atoms with Crippen molar-refractivity contribution in [3.63, 3.8) is 0 Å². The van der Waals surface area contributed by atoms with E-state index in [4.69, 9.17) is 16.3 Å². The van der Waals surface area contributed by atoms with Gasteiger partial charge in [-0.2, -0.15) is 0 Å². The first-order chi connectivity index (χ1) is 9.60. The second-order valence-corrected chi connectivity index (χ2v) is 5.13.